The Bertz CT molecular complexity index is 1570. The summed E-state index contributed by atoms with van der Waals surface area (Å²) in [5, 5.41) is 22.3. The van der Waals surface area contributed by atoms with E-state index in [0.717, 1.165) is 12.0 Å². The monoisotopic (exact) mass is 627 g/mol. The Balaban J connectivity index is 1.52. The van der Waals surface area contributed by atoms with Crippen LogP contribution in [0.25, 0.3) is 0 Å². The van der Waals surface area contributed by atoms with Gasteiger partial charge in [0.05, 0.1) is 29.7 Å². The summed E-state index contributed by atoms with van der Waals surface area (Å²) in [6.45, 7) is 4.78. The number of aromatic nitrogens is 2. The molecule has 1 atom stereocenters. The Hall–Kier alpha value is -3.38. The van der Waals surface area contributed by atoms with Crippen molar-refractivity contribution in [3.05, 3.63) is 92.3 Å². The molecular formula is C29H26ClN3O5S3. The maximum absolute atomic E-state index is 13.6. The van der Waals surface area contributed by atoms with Crippen molar-refractivity contribution in [3.63, 3.8) is 0 Å². The second-order valence-corrected chi connectivity index (χ2v) is 12.5. The molecule has 2 aromatic carbocycles. The summed E-state index contributed by atoms with van der Waals surface area (Å²) < 4.78 is 12.3. The van der Waals surface area contributed by atoms with Crippen LogP contribution < -0.4 is 14.4 Å². The minimum atomic E-state index is -0.946. The molecule has 212 valence electrons. The number of thiophene rings is 1. The van der Waals surface area contributed by atoms with Crippen molar-refractivity contribution in [1.29, 1.82) is 0 Å². The largest absolute Gasteiger partial charge is 0.503 e. The van der Waals surface area contributed by atoms with Gasteiger partial charge in [-0.05, 0) is 60.2 Å². The van der Waals surface area contributed by atoms with Gasteiger partial charge in [-0.1, -0.05) is 65.9 Å². The molecule has 2 aromatic heterocycles. The van der Waals surface area contributed by atoms with Crippen LogP contribution in [-0.2, 0) is 10.5 Å². The summed E-state index contributed by atoms with van der Waals surface area (Å²) in [6, 6.07) is 15.3. The Kier molecular flexibility index (Phi) is 9.29. The Morgan fingerprint density at radius 3 is 2.61 bits per heavy atom. The molecule has 4 aromatic rings. The molecule has 1 aliphatic rings. The second kappa shape index (κ2) is 13.1. The molecule has 0 aliphatic carbocycles. The van der Waals surface area contributed by atoms with Crippen LogP contribution in [0, 0.1) is 0 Å². The van der Waals surface area contributed by atoms with Crippen LogP contribution in [0.5, 0.6) is 11.5 Å². The maximum atomic E-state index is 13.6. The van der Waals surface area contributed by atoms with E-state index < -0.39 is 23.5 Å². The molecule has 1 N–H and O–H groups in total. The van der Waals surface area contributed by atoms with E-state index >= 15 is 0 Å². The summed E-state index contributed by atoms with van der Waals surface area (Å²) in [7, 11) is 0. The first kappa shape index (κ1) is 29.1. The predicted molar refractivity (Wildman–Crippen MR) is 163 cm³/mol. The molecule has 0 saturated carbocycles. The van der Waals surface area contributed by atoms with Gasteiger partial charge < -0.3 is 14.6 Å². The van der Waals surface area contributed by atoms with E-state index in [1.165, 1.54) is 39.3 Å². The van der Waals surface area contributed by atoms with Crippen LogP contribution in [0.4, 0.5) is 5.13 Å². The number of thioether (sulfide) groups is 1. The van der Waals surface area contributed by atoms with Crippen LogP contribution in [0.15, 0.2) is 75.6 Å². The van der Waals surface area contributed by atoms with Crippen LogP contribution in [0.1, 0.15) is 47.1 Å². The van der Waals surface area contributed by atoms with E-state index in [0.29, 0.717) is 50.3 Å². The highest BCUT2D eigenvalue weighted by Gasteiger charge is 2.46. The van der Waals surface area contributed by atoms with E-state index in [-0.39, 0.29) is 10.7 Å². The molecule has 0 radical (unpaired) electrons. The Morgan fingerprint density at radius 2 is 1.90 bits per heavy atom. The standard InChI is InChI=1S/C29H26ClN3O5S3/c1-3-13-38-20-12-9-18(15-21(20)37-4-2)24-23(25(34)22-6-5-14-39-22)26(35)27(36)33(24)28-31-32-29(41-28)40-16-17-7-10-19(30)11-8-17/h5-12,14-15,24,35H,3-4,13,16H2,1-2H3. The number of ether oxygens (including phenoxy) is 2. The number of hydrogen-bond donors (Lipinski definition) is 1. The van der Waals surface area contributed by atoms with E-state index in [1.807, 2.05) is 38.1 Å². The van der Waals surface area contributed by atoms with Crippen LogP contribution in [-0.4, -0.2) is 40.2 Å². The maximum Gasteiger partial charge on any atom is 0.296 e. The van der Waals surface area contributed by atoms with Gasteiger partial charge in [-0.15, -0.1) is 21.5 Å². The van der Waals surface area contributed by atoms with Gasteiger partial charge in [0.15, 0.2) is 21.6 Å². The van der Waals surface area contributed by atoms with Gasteiger partial charge in [0, 0.05) is 10.8 Å². The average Bonchev–Trinajstić information content (AvgIpc) is 3.73. The molecule has 41 heavy (non-hydrogen) atoms. The minimum absolute atomic E-state index is 0.0207. The molecular weight excluding hydrogens is 602 g/mol. The number of aliphatic hydroxyl groups is 1. The number of carbonyl (C=O) groups is 2. The molecule has 0 saturated heterocycles. The number of aliphatic hydroxyl groups excluding tert-OH is 1. The number of carbonyl (C=O) groups excluding carboxylic acids is 2. The number of halogens is 1. The average molecular weight is 628 g/mol. The van der Waals surface area contributed by atoms with E-state index in [9.17, 15) is 14.7 Å². The van der Waals surface area contributed by atoms with Crippen LogP contribution in [0.2, 0.25) is 5.02 Å². The van der Waals surface area contributed by atoms with Crippen molar-refractivity contribution in [3.8, 4) is 11.5 Å². The zero-order valence-corrected chi connectivity index (χ0v) is 25.4. The fourth-order valence-corrected chi connectivity index (χ4v) is 6.90. The quantitative estimate of drug-likeness (QED) is 0.0978. The molecule has 3 heterocycles. The number of benzene rings is 2. The van der Waals surface area contributed by atoms with Gasteiger partial charge in [0.1, 0.15) is 0 Å². The van der Waals surface area contributed by atoms with Crippen molar-refractivity contribution < 1.29 is 24.2 Å². The number of ketones is 1. The van der Waals surface area contributed by atoms with Gasteiger partial charge in [0.2, 0.25) is 10.9 Å². The summed E-state index contributed by atoms with van der Waals surface area (Å²) in [5.41, 5.74) is 1.61. The number of rotatable bonds is 12. The van der Waals surface area contributed by atoms with Crippen LogP contribution >= 0.6 is 46.0 Å². The topological polar surface area (TPSA) is 102 Å². The highest BCUT2D eigenvalue weighted by molar-refractivity contribution is 8.00. The number of nitrogens with zero attached hydrogens (tertiary/aromatic N) is 3. The molecule has 8 nitrogen and oxygen atoms in total. The van der Waals surface area contributed by atoms with Crippen LogP contribution in [0.3, 0.4) is 0 Å². The van der Waals surface area contributed by atoms with Gasteiger partial charge in [-0.25, -0.2) is 0 Å². The molecule has 0 fully saturated rings. The summed E-state index contributed by atoms with van der Waals surface area (Å²) in [6.07, 6.45) is 0.823. The third-order valence-electron chi connectivity index (χ3n) is 6.12. The molecule has 1 aliphatic heterocycles. The number of amides is 1. The smallest absolute Gasteiger partial charge is 0.296 e. The van der Waals surface area contributed by atoms with Crippen molar-refractivity contribution >= 4 is 62.9 Å². The van der Waals surface area contributed by atoms with E-state index in [1.54, 1.807) is 35.7 Å². The van der Waals surface area contributed by atoms with Crippen molar-refractivity contribution in [2.75, 3.05) is 18.1 Å². The second-order valence-electron chi connectivity index (χ2n) is 8.90. The fraction of sp³-hybridized carbons (Fsp3) is 0.241. The fourth-order valence-electron chi connectivity index (χ4n) is 4.27. The number of hydrogen-bond acceptors (Lipinski definition) is 10. The normalized spacial score (nSPS) is 15.0. The summed E-state index contributed by atoms with van der Waals surface area (Å²) in [5.74, 6) is -0.0792. The first-order valence-electron chi connectivity index (χ1n) is 12.9. The van der Waals surface area contributed by atoms with Crippen molar-refractivity contribution in [2.45, 2.75) is 36.4 Å². The Labute approximate surface area is 254 Å². The van der Waals surface area contributed by atoms with Crippen molar-refractivity contribution in [1.82, 2.24) is 10.2 Å². The van der Waals surface area contributed by atoms with Gasteiger partial charge in [-0.2, -0.15) is 0 Å². The number of anilines is 1. The summed E-state index contributed by atoms with van der Waals surface area (Å²) >= 11 is 9.92. The molecule has 0 bridgehead atoms. The van der Waals surface area contributed by atoms with Gasteiger partial charge >= 0.3 is 0 Å². The predicted octanol–water partition coefficient (Wildman–Crippen LogP) is 7.52. The van der Waals surface area contributed by atoms with Crippen molar-refractivity contribution in [2.24, 2.45) is 0 Å². The lowest BCUT2D eigenvalue weighted by molar-refractivity contribution is -0.117. The molecule has 12 heteroatoms. The highest BCUT2D eigenvalue weighted by Crippen LogP contribution is 2.45. The van der Waals surface area contributed by atoms with E-state index in [2.05, 4.69) is 10.2 Å². The van der Waals surface area contributed by atoms with Gasteiger partial charge in [-0.3, -0.25) is 14.5 Å². The molecule has 0 spiro atoms. The highest BCUT2D eigenvalue weighted by atomic mass is 35.5. The lowest BCUT2D eigenvalue weighted by Crippen LogP contribution is -2.31. The lowest BCUT2D eigenvalue weighted by Gasteiger charge is -2.25. The lowest BCUT2D eigenvalue weighted by atomic mass is 9.95. The minimum Gasteiger partial charge on any atom is -0.503 e. The van der Waals surface area contributed by atoms with E-state index in [4.69, 9.17) is 21.1 Å². The third-order valence-corrected chi connectivity index (χ3v) is 9.37. The SMILES string of the molecule is CCCOc1ccc(C2C(C(=O)c3cccs3)=C(O)C(=O)N2c2nnc(SCc3ccc(Cl)cc3)s2)cc1OCC. The molecule has 5 rings (SSSR count). The molecule has 1 unspecified atom stereocenters. The summed E-state index contributed by atoms with van der Waals surface area (Å²) in [4.78, 5) is 28.9. The van der Waals surface area contributed by atoms with Gasteiger partial charge in [0.25, 0.3) is 5.91 Å². The first-order valence-corrected chi connectivity index (χ1v) is 15.9. The Morgan fingerprint density at radius 1 is 1.10 bits per heavy atom. The zero-order chi connectivity index (χ0) is 28.9. The first-order chi connectivity index (χ1) is 19.9. The molecule has 1 amide bonds. The number of Topliss-reactive ketones (excluding diaryl/α,β-unsaturated/α-hetero) is 1. The third kappa shape index (κ3) is 6.28. The zero-order valence-electron chi connectivity index (χ0n) is 22.2.